The predicted octanol–water partition coefficient (Wildman–Crippen LogP) is 2.95. The van der Waals surface area contributed by atoms with E-state index in [1.54, 1.807) is 0 Å². The van der Waals surface area contributed by atoms with Gasteiger partial charge in [0.2, 0.25) is 0 Å². The van der Waals surface area contributed by atoms with Crippen molar-refractivity contribution in [3.05, 3.63) is 39.3 Å². The normalized spacial score (nSPS) is 12.9. The van der Waals surface area contributed by atoms with Crippen LogP contribution in [0.1, 0.15) is 34.0 Å². The Hall–Kier alpha value is -1.13. The van der Waals surface area contributed by atoms with E-state index in [-0.39, 0.29) is 0 Å². The summed E-state index contributed by atoms with van der Waals surface area (Å²) in [5.74, 6) is 0. The zero-order valence-corrected chi connectivity index (χ0v) is 11.6. The molecule has 0 amide bonds. The molecule has 0 aliphatic carbocycles. The molecule has 0 spiro atoms. The standard InChI is InChI=1S/C13H19N3S/c1-9-7-12(17-11(9)3)8-14-10(2)13-5-6-15-16(13)4/h5-7,10,14H,8H2,1-4H3. The SMILES string of the molecule is Cc1cc(CNC(C)c2ccnn2C)sc1C. The van der Waals surface area contributed by atoms with Crippen LogP contribution < -0.4 is 5.32 Å². The molecule has 4 heteroatoms. The molecule has 2 aromatic rings. The third-order valence-electron chi connectivity index (χ3n) is 3.10. The largest absolute Gasteiger partial charge is 0.304 e. The lowest BCUT2D eigenvalue weighted by Crippen LogP contribution is -2.20. The Morgan fingerprint density at radius 1 is 1.47 bits per heavy atom. The molecule has 0 aliphatic heterocycles. The lowest BCUT2D eigenvalue weighted by Gasteiger charge is -2.13. The average molecular weight is 249 g/mol. The third-order valence-corrected chi connectivity index (χ3v) is 4.25. The van der Waals surface area contributed by atoms with Crippen molar-refractivity contribution < 1.29 is 0 Å². The van der Waals surface area contributed by atoms with Crippen LogP contribution in [-0.4, -0.2) is 9.78 Å². The second kappa shape index (κ2) is 5.02. The minimum absolute atomic E-state index is 0.324. The summed E-state index contributed by atoms with van der Waals surface area (Å²) >= 11 is 1.87. The lowest BCUT2D eigenvalue weighted by atomic mass is 10.2. The van der Waals surface area contributed by atoms with E-state index in [4.69, 9.17) is 0 Å². The first kappa shape index (κ1) is 12.3. The summed E-state index contributed by atoms with van der Waals surface area (Å²) in [4.78, 5) is 2.81. The van der Waals surface area contributed by atoms with Crippen LogP contribution in [0.5, 0.6) is 0 Å². The predicted molar refractivity (Wildman–Crippen MR) is 72.3 cm³/mol. The summed E-state index contributed by atoms with van der Waals surface area (Å²) in [6.45, 7) is 7.43. The number of nitrogens with one attached hydrogen (secondary N) is 1. The second-order valence-electron chi connectivity index (χ2n) is 4.43. The first-order valence-corrected chi connectivity index (χ1v) is 6.66. The zero-order chi connectivity index (χ0) is 12.4. The van der Waals surface area contributed by atoms with Gasteiger partial charge in [-0.1, -0.05) is 0 Å². The van der Waals surface area contributed by atoms with Crippen molar-refractivity contribution in [1.29, 1.82) is 0 Å². The van der Waals surface area contributed by atoms with Crippen molar-refractivity contribution in [3.63, 3.8) is 0 Å². The topological polar surface area (TPSA) is 29.9 Å². The van der Waals surface area contributed by atoms with E-state index < -0.39 is 0 Å². The smallest absolute Gasteiger partial charge is 0.0547 e. The van der Waals surface area contributed by atoms with Gasteiger partial charge < -0.3 is 5.32 Å². The van der Waals surface area contributed by atoms with Gasteiger partial charge in [-0.05, 0) is 38.5 Å². The zero-order valence-electron chi connectivity index (χ0n) is 10.8. The molecule has 17 heavy (non-hydrogen) atoms. The number of hydrogen-bond acceptors (Lipinski definition) is 3. The summed E-state index contributed by atoms with van der Waals surface area (Å²) in [7, 11) is 1.98. The maximum absolute atomic E-state index is 4.19. The van der Waals surface area contributed by atoms with E-state index in [0.717, 1.165) is 6.54 Å². The molecule has 0 fully saturated rings. The summed E-state index contributed by atoms with van der Waals surface area (Å²) < 4.78 is 1.92. The molecule has 0 bridgehead atoms. The summed E-state index contributed by atoms with van der Waals surface area (Å²) in [5, 5.41) is 7.72. The monoisotopic (exact) mass is 249 g/mol. The van der Waals surface area contributed by atoms with Crippen LogP contribution in [0.4, 0.5) is 0 Å². The maximum atomic E-state index is 4.19. The number of hydrogen-bond donors (Lipinski definition) is 1. The summed E-state index contributed by atoms with van der Waals surface area (Å²) in [6.07, 6.45) is 1.84. The molecule has 2 heterocycles. The highest BCUT2D eigenvalue weighted by atomic mass is 32.1. The highest BCUT2D eigenvalue weighted by molar-refractivity contribution is 7.12. The first-order valence-electron chi connectivity index (χ1n) is 5.85. The van der Waals surface area contributed by atoms with Crippen molar-refractivity contribution in [2.24, 2.45) is 7.05 Å². The first-order chi connectivity index (χ1) is 8.08. The molecular weight excluding hydrogens is 230 g/mol. The van der Waals surface area contributed by atoms with Gasteiger partial charge in [0.1, 0.15) is 0 Å². The van der Waals surface area contributed by atoms with Crippen LogP contribution in [0.3, 0.4) is 0 Å². The number of rotatable bonds is 4. The Kier molecular flexibility index (Phi) is 3.64. The molecule has 2 aromatic heterocycles. The summed E-state index contributed by atoms with van der Waals surface area (Å²) in [6, 6.07) is 4.65. The van der Waals surface area contributed by atoms with Crippen molar-refractivity contribution in [3.8, 4) is 0 Å². The van der Waals surface area contributed by atoms with Gasteiger partial charge in [-0.3, -0.25) is 4.68 Å². The fraction of sp³-hybridized carbons (Fsp3) is 0.462. The van der Waals surface area contributed by atoms with E-state index in [1.165, 1.54) is 21.0 Å². The van der Waals surface area contributed by atoms with Gasteiger partial charge in [-0.2, -0.15) is 5.10 Å². The Balaban J connectivity index is 1.97. The van der Waals surface area contributed by atoms with E-state index in [0.29, 0.717) is 6.04 Å². The van der Waals surface area contributed by atoms with Crippen LogP contribution >= 0.6 is 11.3 Å². The molecule has 0 saturated heterocycles. The molecule has 0 radical (unpaired) electrons. The Bertz CT molecular complexity index is 479. The molecule has 1 atom stereocenters. The number of nitrogens with zero attached hydrogens (tertiary/aromatic N) is 2. The van der Waals surface area contributed by atoms with Gasteiger partial charge in [0.05, 0.1) is 5.69 Å². The van der Waals surface area contributed by atoms with Crippen molar-refractivity contribution in [2.75, 3.05) is 0 Å². The van der Waals surface area contributed by atoms with Gasteiger partial charge in [0, 0.05) is 35.6 Å². The van der Waals surface area contributed by atoms with Gasteiger partial charge in [-0.25, -0.2) is 0 Å². The fourth-order valence-electron chi connectivity index (χ4n) is 1.90. The van der Waals surface area contributed by atoms with Crippen LogP contribution in [0.25, 0.3) is 0 Å². The molecule has 3 nitrogen and oxygen atoms in total. The average Bonchev–Trinajstić information content (AvgIpc) is 2.83. The van der Waals surface area contributed by atoms with Crippen LogP contribution in [0.15, 0.2) is 18.3 Å². The Labute approximate surface area is 106 Å². The van der Waals surface area contributed by atoms with E-state index in [2.05, 4.69) is 43.3 Å². The maximum Gasteiger partial charge on any atom is 0.0547 e. The summed E-state index contributed by atoms with van der Waals surface area (Å²) in [5.41, 5.74) is 2.61. The molecule has 92 valence electrons. The van der Waals surface area contributed by atoms with Gasteiger partial charge in [-0.15, -0.1) is 11.3 Å². The van der Waals surface area contributed by atoms with Crippen molar-refractivity contribution in [2.45, 2.75) is 33.4 Å². The molecule has 1 N–H and O–H groups in total. The van der Waals surface area contributed by atoms with Gasteiger partial charge in [0.15, 0.2) is 0 Å². The van der Waals surface area contributed by atoms with Crippen LogP contribution in [-0.2, 0) is 13.6 Å². The fourth-order valence-corrected chi connectivity index (χ4v) is 2.91. The van der Waals surface area contributed by atoms with Crippen molar-refractivity contribution in [1.82, 2.24) is 15.1 Å². The van der Waals surface area contributed by atoms with Crippen molar-refractivity contribution >= 4 is 11.3 Å². The molecule has 0 aromatic carbocycles. The molecule has 2 rings (SSSR count). The highest BCUT2D eigenvalue weighted by Crippen LogP contribution is 2.21. The van der Waals surface area contributed by atoms with E-state index in [9.17, 15) is 0 Å². The Morgan fingerprint density at radius 3 is 2.76 bits per heavy atom. The molecule has 0 aliphatic rings. The Morgan fingerprint density at radius 2 is 2.24 bits per heavy atom. The minimum atomic E-state index is 0.324. The quantitative estimate of drug-likeness (QED) is 0.903. The second-order valence-corrected chi connectivity index (χ2v) is 5.78. The van der Waals surface area contributed by atoms with E-state index >= 15 is 0 Å². The number of thiophene rings is 1. The van der Waals surface area contributed by atoms with Gasteiger partial charge in [0.25, 0.3) is 0 Å². The molecular formula is C13H19N3S. The van der Waals surface area contributed by atoms with Crippen LogP contribution in [0.2, 0.25) is 0 Å². The third kappa shape index (κ3) is 2.76. The number of aryl methyl sites for hydroxylation is 3. The highest BCUT2D eigenvalue weighted by Gasteiger charge is 2.09. The molecule has 1 unspecified atom stereocenters. The number of aromatic nitrogens is 2. The van der Waals surface area contributed by atoms with Crippen LogP contribution in [0, 0.1) is 13.8 Å². The lowest BCUT2D eigenvalue weighted by molar-refractivity contribution is 0.532. The van der Waals surface area contributed by atoms with Gasteiger partial charge >= 0.3 is 0 Å². The van der Waals surface area contributed by atoms with E-state index in [1.807, 2.05) is 29.3 Å². The minimum Gasteiger partial charge on any atom is -0.304 e. The molecule has 0 saturated carbocycles.